The number of hydrogen-bond donors (Lipinski definition) is 2. The molecule has 1 aromatic carbocycles. The monoisotopic (exact) mass is 276 g/mol. The van der Waals surface area contributed by atoms with Crippen molar-refractivity contribution in [2.45, 2.75) is 39.0 Å². The third kappa shape index (κ3) is 4.15. The Bertz CT molecular complexity index is 446. The van der Waals surface area contributed by atoms with Gasteiger partial charge in [0, 0.05) is 6.54 Å². The number of fused-ring (bicyclic) bond motifs is 1. The third-order valence-corrected chi connectivity index (χ3v) is 3.53. The number of amides is 2. The number of carbonyl (C=O) groups excluding carboxylic acids is 1. The van der Waals surface area contributed by atoms with Crippen LogP contribution >= 0.6 is 0 Å². The summed E-state index contributed by atoms with van der Waals surface area (Å²) in [4.78, 5) is 11.4. The number of hydrogen-bond acceptors (Lipinski definition) is 2. The zero-order chi connectivity index (χ0) is 14.2. The minimum Gasteiger partial charge on any atom is -0.491 e. The molecule has 2 N–H and O–H groups in total. The van der Waals surface area contributed by atoms with Gasteiger partial charge in [0.25, 0.3) is 0 Å². The molecule has 110 valence electrons. The Morgan fingerprint density at radius 3 is 2.85 bits per heavy atom. The lowest BCUT2D eigenvalue weighted by molar-refractivity contribution is 0.236. The lowest BCUT2D eigenvalue weighted by atomic mass is 9.91. The molecule has 2 amide bonds. The van der Waals surface area contributed by atoms with E-state index in [1.165, 1.54) is 24.0 Å². The fourth-order valence-electron chi connectivity index (χ4n) is 2.51. The zero-order valence-electron chi connectivity index (χ0n) is 12.2. The maximum atomic E-state index is 11.4. The van der Waals surface area contributed by atoms with E-state index in [4.69, 9.17) is 4.74 Å². The van der Waals surface area contributed by atoms with Gasteiger partial charge in [0.15, 0.2) is 0 Å². The van der Waals surface area contributed by atoms with Gasteiger partial charge in [-0.25, -0.2) is 4.79 Å². The molecule has 0 unspecified atom stereocenters. The second kappa shape index (κ2) is 7.78. The summed E-state index contributed by atoms with van der Waals surface area (Å²) >= 11 is 0. The maximum absolute atomic E-state index is 11.4. The first-order valence-electron chi connectivity index (χ1n) is 7.56. The largest absolute Gasteiger partial charge is 0.491 e. The van der Waals surface area contributed by atoms with Gasteiger partial charge in [-0.1, -0.05) is 19.1 Å². The minimum atomic E-state index is -0.120. The number of benzene rings is 1. The van der Waals surface area contributed by atoms with Crippen molar-refractivity contribution >= 4 is 6.03 Å². The molecule has 4 nitrogen and oxygen atoms in total. The first-order chi connectivity index (χ1) is 9.81. The van der Waals surface area contributed by atoms with Crippen LogP contribution in [-0.2, 0) is 12.8 Å². The molecule has 2 rings (SSSR count). The van der Waals surface area contributed by atoms with Crippen LogP contribution in [-0.4, -0.2) is 25.7 Å². The van der Waals surface area contributed by atoms with E-state index >= 15 is 0 Å². The molecule has 0 saturated heterocycles. The van der Waals surface area contributed by atoms with Crippen LogP contribution in [0.5, 0.6) is 5.75 Å². The second-order valence-electron chi connectivity index (χ2n) is 5.13. The van der Waals surface area contributed by atoms with E-state index in [9.17, 15) is 4.79 Å². The van der Waals surface area contributed by atoms with Gasteiger partial charge < -0.3 is 15.4 Å². The fraction of sp³-hybridized carbons (Fsp3) is 0.562. The standard InChI is InChI=1S/C16H24N2O2/c1-2-10-17-16(19)18-11-12-20-15-9-5-7-13-6-3-4-8-14(13)15/h5,7,9H,2-4,6,8,10-12H2,1H3,(H2,17,18,19). The predicted octanol–water partition coefficient (Wildman–Crippen LogP) is 2.65. The Kier molecular flexibility index (Phi) is 5.71. The highest BCUT2D eigenvalue weighted by atomic mass is 16.5. The molecule has 20 heavy (non-hydrogen) atoms. The molecule has 0 aliphatic heterocycles. The molecular weight excluding hydrogens is 252 g/mol. The first kappa shape index (κ1) is 14.7. The summed E-state index contributed by atoms with van der Waals surface area (Å²) in [5.74, 6) is 0.984. The lowest BCUT2D eigenvalue weighted by Crippen LogP contribution is -2.38. The van der Waals surface area contributed by atoms with Crippen LogP contribution in [0.4, 0.5) is 4.79 Å². The van der Waals surface area contributed by atoms with Crippen molar-refractivity contribution in [2.24, 2.45) is 0 Å². The molecule has 0 bridgehead atoms. The fourth-order valence-corrected chi connectivity index (χ4v) is 2.51. The van der Waals surface area contributed by atoms with Crippen LogP contribution in [0.2, 0.25) is 0 Å². The van der Waals surface area contributed by atoms with Crippen molar-refractivity contribution < 1.29 is 9.53 Å². The molecule has 0 saturated carbocycles. The van der Waals surface area contributed by atoms with Gasteiger partial charge in [-0.2, -0.15) is 0 Å². The first-order valence-corrected chi connectivity index (χ1v) is 7.56. The molecule has 1 aliphatic rings. The molecular formula is C16H24N2O2. The highest BCUT2D eigenvalue weighted by Gasteiger charge is 2.13. The van der Waals surface area contributed by atoms with Crippen LogP contribution in [0.25, 0.3) is 0 Å². The van der Waals surface area contributed by atoms with Crippen LogP contribution in [0, 0.1) is 0 Å². The lowest BCUT2D eigenvalue weighted by Gasteiger charge is -2.19. The number of nitrogens with one attached hydrogen (secondary N) is 2. The predicted molar refractivity (Wildman–Crippen MR) is 80.3 cm³/mol. The second-order valence-corrected chi connectivity index (χ2v) is 5.13. The molecule has 0 fully saturated rings. The van der Waals surface area contributed by atoms with Crippen LogP contribution in [0.1, 0.15) is 37.3 Å². The molecule has 0 heterocycles. The average Bonchev–Trinajstić information content (AvgIpc) is 2.49. The quantitative estimate of drug-likeness (QED) is 0.785. The van der Waals surface area contributed by atoms with E-state index in [2.05, 4.69) is 22.8 Å². The number of rotatable bonds is 6. The van der Waals surface area contributed by atoms with Crippen molar-refractivity contribution in [3.63, 3.8) is 0 Å². The Hall–Kier alpha value is -1.71. The summed E-state index contributed by atoms with van der Waals surface area (Å²) in [5.41, 5.74) is 2.77. The van der Waals surface area contributed by atoms with Gasteiger partial charge >= 0.3 is 6.03 Å². The topological polar surface area (TPSA) is 50.4 Å². The zero-order valence-corrected chi connectivity index (χ0v) is 12.2. The summed E-state index contributed by atoms with van der Waals surface area (Å²) in [6.07, 6.45) is 5.72. The molecule has 0 aromatic heterocycles. The maximum Gasteiger partial charge on any atom is 0.314 e. The van der Waals surface area contributed by atoms with Gasteiger partial charge in [0.1, 0.15) is 12.4 Å². The van der Waals surface area contributed by atoms with Crippen molar-refractivity contribution in [3.05, 3.63) is 29.3 Å². The van der Waals surface area contributed by atoms with Crippen LogP contribution < -0.4 is 15.4 Å². The number of urea groups is 1. The summed E-state index contributed by atoms with van der Waals surface area (Å²) < 4.78 is 5.82. The van der Waals surface area contributed by atoms with E-state index < -0.39 is 0 Å². The summed E-state index contributed by atoms with van der Waals surface area (Å²) in [6.45, 7) is 3.77. The summed E-state index contributed by atoms with van der Waals surface area (Å²) in [5, 5.41) is 5.57. The number of ether oxygens (including phenoxy) is 1. The van der Waals surface area contributed by atoms with Crippen molar-refractivity contribution in [3.8, 4) is 5.75 Å². The van der Waals surface area contributed by atoms with Crippen molar-refractivity contribution in [2.75, 3.05) is 19.7 Å². The Labute approximate surface area is 120 Å². The normalized spacial score (nSPS) is 13.4. The molecule has 1 aromatic rings. The molecule has 0 spiro atoms. The average molecular weight is 276 g/mol. The van der Waals surface area contributed by atoms with Crippen LogP contribution in [0.3, 0.4) is 0 Å². The van der Waals surface area contributed by atoms with Crippen molar-refractivity contribution in [1.82, 2.24) is 10.6 Å². The van der Waals surface area contributed by atoms with E-state index in [1.807, 2.05) is 13.0 Å². The van der Waals surface area contributed by atoms with Gasteiger partial charge in [-0.05, 0) is 49.3 Å². The van der Waals surface area contributed by atoms with E-state index in [0.29, 0.717) is 19.7 Å². The van der Waals surface area contributed by atoms with Gasteiger partial charge in [0.05, 0.1) is 6.54 Å². The molecule has 1 aliphatic carbocycles. The highest BCUT2D eigenvalue weighted by molar-refractivity contribution is 5.73. The van der Waals surface area contributed by atoms with Crippen molar-refractivity contribution in [1.29, 1.82) is 0 Å². The summed E-state index contributed by atoms with van der Waals surface area (Å²) in [7, 11) is 0. The molecule has 0 atom stereocenters. The van der Waals surface area contributed by atoms with Gasteiger partial charge in [0.2, 0.25) is 0 Å². The smallest absolute Gasteiger partial charge is 0.314 e. The Balaban J connectivity index is 1.76. The molecule has 4 heteroatoms. The number of carbonyl (C=O) groups is 1. The number of aryl methyl sites for hydroxylation is 1. The third-order valence-electron chi connectivity index (χ3n) is 3.53. The van der Waals surface area contributed by atoms with Gasteiger partial charge in [-0.15, -0.1) is 0 Å². The van der Waals surface area contributed by atoms with E-state index in [1.54, 1.807) is 0 Å². The SMILES string of the molecule is CCCNC(=O)NCCOc1cccc2c1CCCC2. The molecule has 0 radical (unpaired) electrons. The minimum absolute atomic E-state index is 0.120. The highest BCUT2D eigenvalue weighted by Crippen LogP contribution is 2.29. The Morgan fingerprint density at radius 2 is 2.00 bits per heavy atom. The Morgan fingerprint density at radius 1 is 1.20 bits per heavy atom. The van der Waals surface area contributed by atoms with E-state index in [0.717, 1.165) is 25.0 Å². The van der Waals surface area contributed by atoms with Crippen LogP contribution in [0.15, 0.2) is 18.2 Å². The summed E-state index contributed by atoms with van der Waals surface area (Å²) in [6, 6.07) is 6.16. The van der Waals surface area contributed by atoms with E-state index in [-0.39, 0.29) is 6.03 Å². The van der Waals surface area contributed by atoms with Gasteiger partial charge in [-0.3, -0.25) is 0 Å².